The molecule has 2 unspecified atom stereocenters. The van der Waals surface area contributed by atoms with Crippen molar-refractivity contribution in [2.45, 2.75) is 44.6 Å². The van der Waals surface area contributed by atoms with Crippen molar-refractivity contribution >= 4 is 17.7 Å². The van der Waals surface area contributed by atoms with Gasteiger partial charge in [0.25, 0.3) is 0 Å². The molecule has 0 aromatic rings. The molecule has 116 valence electrons. The van der Waals surface area contributed by atoms with Crippen LogP contribution in [0, 0.1) is 11.8 Å². The van der Waals surface area contributed by atoms with E-state index in [1.54, 1.807) is 0 Å². The summed E-state index contributed by atoms with van der Waals surface area (Å²) in [4.78, 5) is 37.4. The summed E-state index contributed by atoms with van der Waals surface area (Å²) in [5, 5.41) is 5.79. The molecular formula is C15H23N3O3. The number of nitrogens with one attached hydrogen (secondary N) is 2. The fraction of sp³-hybridized carbons (Fsp3) is 0.800. The van der Waals surface area contributed by atoms with Gasteiger partial charge in [0.1, 0.15) is 0 Å². The van der Waals surface area contributed by atoms with E-state index in [1.807, 2.05) is 4.90 Å². The zero-order valence-electron chi connectivity index (χ0n) is 12.3. The van der Waals surface area contributed by atoms with E-state index in [9.17, 15) is 14.4 Å². The van der Waals surface area contributed by atoms with Crippen LogP contribution in [-0.4, -0.2) is 48.3 Å². The van der Waals surface area contributed by atoms with Crippen molar-refractivity contribution in [1.82, 2.24) is 15.5 Å². The Labute approximate surface area is 124 Å². The maximum absolute atomic E-state index is 12.3. The van der Waals surface area contributed by atoms with Crippen molar-refractivity contribution in [2.75, 3.05) is 19.6 Å². The Kier molecular flexibility index (Phi) is 4.12. The Morgan fingerprint density at radius 3 is 2.62 bits per heavy atom. The van der Waals surface area contributed by atoms with Gasteiger partial charge in [-0.3, -0.25) is 14.4 Å². The Morgan fingerprint density at radius 1 is 1.14 bits per heavy atom. The molecule has 3 amide bonds. The van der Waals surface area contributed by atoms with Gasteiger partial charge >= 0.3 is 0 Å². The lowest BCUT2D eigenvalue weighted by Gasteiger charge is -2.33. The summed E-state index contributed by atoms with van der Waals surface area (Å²) >= 11 is 0. The van der Waals surface area contributed by atoms with Crippen LogP contribution in [0.2, 0.25) is 0 Å². The monoisotopic (exact) mass is 293 g/mol. The number of piperidine rings is 2. The Morgan fingerprint density at radius 2 is 1.95 bits per heavy atom. The summed E-state index contributed by atoms with van der Waals surface area (Å²) in [6, 6.07) is 0.0321. The van der Waals surface area contributed by atoms with Gasteiger partial charge in [-0.25, -0.2) is 0 Å². The van der Waals surface area contributed by atoms with Crippen molar-refractivity contribution in [2.24, 2.45) is 11.8 Å². The molecule has 0 aromatic heterocycles. The number of hydrogen-bond acceptors (Lipinski definition) is 3. The quantitative estimate of drug-likeness (QED) is 0.770. The molecule has 2 atom stereocenters. The normalized spacial score (nSPS) is 29.7. The molecule has 2 heterocycles. The molecule has 6 nitrogen and oxygen atoms in total. The highest BCUT2D eigenvalue weighted by molar-refractivity contribution is 5.84. The van der Waals surface area contributed by atoms with Gasteiger partial charge in [-0.15, -0.1) is 0 Å². The molecule has 21 heavy (non-hydrogen) atoms. The third kappa shape index (κ3) is 3.54. The molecule has 0 bridgehead atoms. The summed E-state index contributed by atoms with van der Waals surface area (Å²) in [6.45, 7) is 1.86. The van der Waals surface area contributed by atoms with Gasteiger partial charge in [-0.1, -0.05) is 0 Å². The Bertz CT molecular complexity index is 437. The third-order valence-electron chi connectivity index (χ3n) is 4.64. The molecule has 1 aliphatic carbocycles. The first-order valence-corrected chi connectivity index (χ1v) is 7.99. The van der Waals surface area contributed by atoms with E-state index < -0.39 is 0 Å². The molecule has 2 aliphatic heterocycles. The van der Waals surface area contributed by atoms with Crippen molar-refractivity contribution in [1.29, 1.82) is 0 Å². The zero-order valence-corrected chi connectivity index (χ0v) is 12.3. The van der Waals surface area contributed by atoms with Crippen LogP contribution in [-0.2, 0) is 14.4 Å². The molecule has 3 rings (SSSR count). The maximum Gasteiger partial charge on any atom is 0.225 e. The van der Waals surface area contributed by atoms with Crippen LogP contribution in [0.25, 0.3) is 0 Å². The van der Waals surface area contributed by atoms with Crippen LogP contribution >= 0.6 is 0 Å². The number of amides is 3. The first-order valence-electron chi connectivity index (χ1n) is 7.99. The molecule has 3 aliphatic rings. The lowest BCUT2D eigenvalue weighted by atomic mass is 9.95. The molecule has 0 spiro atoms. The van der Waals surface area contributed by atoms with Crippen LogP contribution in [0.1, 0.15) is 38.5 Å². The highest BCUT2D eigenvalue weighted by atomic mass is 16.2. The Hall–Kier alpha value is -1.59. The molecule has 0 aromatic carbocycles. The SMILES string of the molecule is O=C1CCC(NC(=O)C2CCCN(C(=O)C3CC3)C2)CN1. The summed E-state index contributed by atoms with van der Waals surface area (Å²) in [5.74, 6) is 0.445. The second-order valence-corrected chi connectivity index (χ2v) is 6.45. The number of likely N-dealkylation sites (tertiary alicyclic amines) is 1. The largest absolute Gasteiger partial charge is 0.354 e. The van der Waals surface area contributed by atoms with E-state index in [0.717, 1.165) is 32.2 Å². The molecule has 3 fully saturated rings. The van der Waals surface area contributed by atoms with Gasteiger partial charge in [0, 0.05) is 38.0 Å². The van der Waals surface area contributed by atoms with Crippen molar-refractivity contribution in [3.8, 4) is 0 Å². The summed E-state index contributed by atoms with van der Waals surface area (Å²) in [6.07, 6.45) is 4.94. The maximum atomic E-state index is 12.3. The predicted octanol–water partition coefficient (Wildman–Crippen LogP) is 0.0298. The minimum absolute atomic E-state index is 0.0319. The molecule has 2 saturated heterocycles. The van der Waals surface area contributed by atoms with Crippen molar-refractivity contribution in [3.63, 3.8) is 0 Å². The summed E-state index contributed by atoms with van der Waals surface area (Å²) in [7, 11) is 0. The van der Waals surface area contributed by atoms with Crippen LogP contribution in [0.5, 0.6) is 0 Å². The van der Waals surface area contributed by atoms with Gasteiger partial charge in [0.15, 0.2) is 0 Å². The zero-order chi connectivity index (χ0) is 14.8. The first kappa shape index (κ1) is 14.4. The van der Waals surface area contributed by atoms with Crippen LogP contribution < -0.4 is 10.6 Å². The van der Waals surface area contributed by atoms with E-state index in [1.165, 1.54) is 0 Å². The van der Waals surface area contributed by atoms with E-state index >= 15 is 0 Å². The lowest BCUT2D eigenvalue weighted by molar-refractivity contribution is -0.137. The van der Waals surface area contributed by atoms with Crippen LogP contribution in [0.4, 0.5) is 0 Å². The van der Waals surface area contributed by atoms with E-state index in [-0.39, 0.29) is 35.6 Å². The number of carbonyl (C=O) groups is 3. The first-order chi connectivity index (χ1) is 10.1. The molecule has 1 saturated carbocycles. The fourth-order valence-electron chi connectivity index (χ4n) is 3.15. The van der Waals surface area contributed by atoms with E-state index in [4.69, 9.17) is 0 Å². The number of nitrogens with zero attached hydrogens (tertiary/aromatic N) is 1. The highest BCUT2D eigenvalue weighted by Crippen LogP contribution is 2.32. The van der Waals surface area contributed by atoms with Gasteiger partial charge in [-0.05, 0) is 32.1 Å². The summed E-state index contributed by atoms with van der Waals surface area (Å²) in [5.41, 5.74) is 0. The lowest BCUT2D eigenvalue weighted by Crippen LogP contribution is -2.52. The Balaban J connectivity index is 1.49. The van der Waals surface area contributed by atoms with Crippen molar-refractivity contribution < 1.29 is 14.4 Å². The van der Waals surface area contributed by atoms with Crippen LogP contribution in [0.15, 0.2) is 0 Å². The number of rotatable bonds is 3. The average molecular weight is 293 g/mol. The second-order valence-electron chi connectivity index (χ2n) is 6.45. The predicted molar refractivity (Wildman–Crippen MR) is 76.2 cm³/mol. The van der Waals surface area contributed by atoms with E-state index in [2.05, 4.69) is 10.6 Å². The van der Waals surface area contributed by atoms with Gasteiger partial charge in [-0.2, -0.15) is 0 Å². The molecular weight excluding hydrogens is 270 g/mol. The number of hydrogen-bond donors (Lipinski definition) is 2. The number of carbonyl (C=O) groups excluding carboxylic acids is 3. The van der Waals surface area contributed by atoms with Gasteiger partial charge < -0.3 is 15.5 Å². The van der Waals surface area contributed by atoms with Gasteiger partial charge in [0.05, 0.1) is 5.92 Å². The average Bonchev–Trinajstić information content (AvgIpc) is 3.34. The van der Waals surface area contributed by atoms with Gasteiger partial charge in [0.2, 0.25) is 17.7 Å². The van der Waals surface area contributed by atoms with Crippen LogP contribution in [0.3, 0.4) is 0 Å². The molecule has 0 radical (unpaired) electrons. The van der Waals surface area contributed by atoms with E-state index in [0.29, 0.717) is 25.9 Å². The van der Waals surface area contributed by atoms with Crippen molar-refractivity contribution in [3.05, 3.63) is 0 Å². The highest BCUT2D eigenvalue weighted by Gasteiger charge is 2.37. The fourth-order valence-corrected chi connectivity index (χ4v) is 3.15. The second kappa shape index (κ2) is 6.03. The molecule has 2 N–H and O–H groups in total. The topological polar surface area (TPSA) is 78.5 Å². The smallest absolute Gasteiger partial charge is 0.225 e. The minimum atomic E-state index is -0.0981. The standard InChI is InChI=1S/C15H23N3O3/c19-13-6-5-12(8-16-13)17-14(20)11-2-1-7-18(9-11)15(21)10-3-4-10/h10-12H,1-9H2,(H,16,19)(H,17,20). The molecule has 6 heteroatoms. The summed E-state index contributed by atoms with van der Waals surface area (Å²) < 4.78 is 0. The minimum Gasteiger partial charge on any atom is -0.354 e. The third-order valence-corrected chi connectivity index (χ3v) is 4.64.